The third kappa shape index (κ3) is 4.71. The fraction of sp³-hybridized carbons (Fsp3) is 0.280. The molecule has 4 aromatic rings. The van der Waals surface area contributed by atoms with Crippen LogP contribution in [0.4, 0.5) is 5.82 Å². The zero-order valence-corrected chi connectivity index (χ0v) is 20.3. The van der Waals surface area contributed by atoms with E-state index in [0.29, 0.717) is 0 Å². The van der Waals surface area contributed by atoms with E-state index in [1.807, 2.05) is 0 Å². The number of anilines is 1. The van der Waals surface area contributed by atoms with E-state index in [9.17, 15) is 0 Å². The van der Waals surface area contributed by atoms with Crippen LogP contribution in [-0.2, 0) is 4.74 Å². The monoisotopic (exact) mass is 508 g/mol. The van der Waals surface area contributed by atoms with Gasteiger partial charge < -0.3 is 10.1 Å². The summed E-state index contributed by atoms with van der Waals surface area (Å²) in [6, 6.07) is 17.3. The van der Waals surface area contributed by atoms with Crippen LogP contribution in [0, 0.1) is 6.92 Å². The number of ether oxygens (including phenoxy) is 1. The molecule has 1 aliphatic heterocycles. The van der Waals surface area contributed by atoms with Gasteiger partial charge in [0.2, 0.25) is 0 Å². The molecule has 1 fully saturated rings. The molecule has 1 atom stereocenters. The maximum absolute atomic E-state index is 5.56. The van der Waals surface area contributed by atoms with E-state index >= 15 is 0 Å². The number of nitrogens with zero attached hydrogens (tertiary/aromatic N) is 3. The lowest BCUT2D eigenvalue weighted by atomic mass is 10.0. The van der Waals surface area contributed by atoms with Crippen LogP contribution in [0.1, 0.15) is 17.2 Å². The normalized spacial score (nSPS) is 15.7. The lowest BCUT2D eigenvalue weighted by molar-refractivity contribution is 0.0361. The standard InChI is InChI=1S/C25H25BrN4OS/c1-17-2-4-19(5-3-17)22(14-30-10-12-31-13-11-30)29-24-23-21(15-32-25(23)28-16-27-24)18-6-8-20(26)9-7-18/h2-9,15-16,22H,10-14H2,1H3,(H,27,28,29). The number of hydrogen-bond acceptors (Lipinski definition) is 6. The maximum atomic E-state index is 5.56. The molecule has 5 rings (SSSR count). The molecule has 1 aliphatic rings. The lowest BCUT2D eigenvalue weighted by Crippen LogP contribution is -2.40. The average Bonchev–Trinajstić information content (AvgIpc) is 3.26. The first-order valence-electron chi connectivity index (χ1n) is 10.8. The van der Waals surface area contributed by atoms with Crippen molar-refractivity contribution < 1.29 is 4.74 Å². The van der Waals surface area contributed by atoms with Crippen LogP contribution in [-0.4, -0.2) is 47.7 Å². The van der Waals surface area contributed by atoms with Crippen molar-refractivity contribution in [3.63, 3.8) is 0 Å². The molecular formula is C25H25BrN4OS. The van der Waals surface area contributed by atoms with Gasteiger partial charge in [0.05, 0.1) is 24.6 Å². The summed E-state index contributed by atoms with van der Waals surface area (Å²) in [5, 5.41) is 7.04. The summed E-state index contributed by atoms with van der Waals surface area (Å²) in [6.07, 6.45) is 1.66. The second-order valence-corrected chi connectivity index (χ2v) is 9.85. The smallest absolute Gasteiger partial charge is 0.139 e. The van der Waals surface area contributed by atoms with Gasteiger partial charge in [0.15, 0.2) is 0 Å². The summed E-state index contributed by atoms with van der Waals surface area (Å²) >= 11 is 5.19. The molecule has 2 aromatic carbocycles. The number of hydrogen-bond donors (Lipinski definition) is 1. The molecule has 3 heterocycles. The van der Waals surface area contributed by atoms with E-state index in [1.54, 1.807) is 17.7 Å². The van der Waals surface area contributed by atoms with E-state index in [2.05, 4.69) is 92.0 Å². The summed E-state index contributed by atoms with van der Waals surface area (Å²) in [4.78, 5) is 12.7. The highest BCUT2D eigenvalue weighted by molar-refractivity contribution is 9.10. The number of fused-ring (bicyclic) bond motifs is 1. The first-order valence-corrected chi connectivity index (χ1v) is 12.5. The van der Waals surface area contributed by atoms with E-state index in [4.69, 9.17) is 9.72 Å². The van der Waals surface area contributed by atoms with Crippen LogP contribution in [0.2, 0.25) is 0 Å². The summed E-state index contributed by atoms with van der Waals surface area (Å²) in [6.45, 7) is 6.50. The number of nitrogens with one attached hydrogen (secondary N) is 1. The van der Waals surface area contributed by atoms with Crippen molar-refractivity contribution >= 4 is 43.3 Å². The summed E-state index contributed by atoms with van der Waals surface area (Å²) in [7, 11) is 0. The Morgan fingerprint density at radius 2 is 1.81 bits per heavy atom. The molecule has 5 nitrogen and oxygen atoms in total. The Morgan fingerprint density at radius 3 is 2.56 bits per heavy atom. The number of halogens is 1. The van der Waals surface area contributed by atoms with Crippen molar-refractivity contribution in [2.45, 2.75) is 13.0 Å². The highest BCUT2D eigenvalue weighted by atomic mass is 79.9. The van der Waals surface area contributed by atoms with E-state index in [1.165, 1.54) is 11.1 Å². The van der Waals surface area contributed by atoms with Gasteiger partial charge in [0, 0.05) is 35.1 Å². The van der Waals surface area contributed by atoms with Crippen molar-refractivity contribution in [1.82, 2.24) is 14.9 Å². The Labute approximate surface area is 200 Å². The predicted octanol–water partition coefficient (Wildman–Crippen LogP) is 5.91. The highest BCUT2D eigenvalue weighted by Gasteiger charge is 2.21. The van der Waals surface area contributed by atoms with Crippen molar-refractivity contribution in [2.75, 3.05) is 38.2 Å². The number of aromatic nitrogens is 2. The Morgan fingerprint density at radius 1 is 1.06 bits per heavy atom. The SMILES string of the molecule is Cc1ccc(C(CN2CCOCC2)Nc2ncnc3scc(-c4ccc(Br)cc4)c23)cc1. The topological polar surface area (TPSA) is 50.3 Å². The minimum absolute atomic E-state index is 0.115. The number of benzene rings is 2. The summed E-state index contributed by atoms with van der Waals surface area (Å²) in [5.41, 5.74) is 4.85. The second-order valence-electron chi connectivity index (χ2n) is 8.08. The lowest BCUT2D eigenvalue weighted by Gasteiger charge is -2.31. The van der Waals surface area contributed by atoms with Crippen LogP contribution in [0.15, 0.2) is 64.7 Å². The molecular weight excluding hydrogens is 484 g/mol. The largest absolute Gasteiger partial charge is 0.379 e. The van der Waals surface area contributed by atoms with Crippen LogP contribution < -0.4 is 5.32 Å². The molecule has 0 spiro atoms. The van der Waals surface area contributed by atoms with Gasteiger partial charge in [-0.25, -0.2) is 9.97 Å². The van der Waals surface area contributed by atoms with Gasteiger partial charge in [0.1, 0.15) is 17.0 Å². The quantitative estimate of drug-likeness (QED) is 0.350. The minimum atomic E-state index is 0.115. The van der Waals surface area contributed by atoms with E-state index in [-0.39, 0.29) is 6.04 Å². The third-order valence-electron chi connectivity index (χ3n) is 5.86. The number of rotatable bonds is 6. The summed E-state index contributed by atoms with van der Waals surface area (Å²) in [5.74, 6) is 0.882. The van der Waals surface area contributed by atoms with Crippen LogP contribution >= 0.6 is 27.3 Å². The van der Waals surface area contributed by atoms with Crippen LogP contribution in [0.25, 0.3) is 21.3 Å². The molecule has 0 saturated carbocycles. The zero-order valence-electron chi connectivity index (χ0n) is 17.9. The van der Waals surface area contributed by atoms with Gasteiger partial charge in [-0.1, -0.05) is 57.9 Å². The van der Waals surface area contributed by atoms with Crippen LogP contribution in [0.5, 0.6) is 0 Å². The highest BCUT2D eigenvalue weighted by Crippen LogP contribution is 2.38. The Hall–Kier alpha value is -2.32. The van der Waals surface area contributed by atoms with E-state index in [0.717, 1.165) is 64.5 Å². The molecule has 2 aromatic heterocycles. The van der Waals surface area contributed by atoms with Gasteiger partial charge in [-0.2, -0.15) is 0 Å². The Balaban J connectivity index is 1.52. The molecule has 1 N–H and O–H groups in total. The third-order valence-corrected chi connectivity index (χ3v) is 7.28. The Kier molecular flexibility index (Phi) is 6.50. The number of thiophene rings is 1. The van der Waals surface area contributed by atoms with Gasteiger partial charge in [-0.15, -0.1) is 11.3 Å². The van der Waals surface area contributed by atoms with E-state index < -0.39 is 0 Å². The summed E-state index contributed by atoms with van der Waals surface area (Å²) < 4.78 is 6.63. The fourth-order valence-electron chi connectivity index (χ4n) is 4.07. The molecule has 0 aliphatic carbocycles. The molecule has 0 radical (unpaired) electrons. The second kappa shape index (κ2) is 9.67. The van der Waals surface area contributed by atoms with Gasteiger partial charge in [0.25, 0.3) is 0 Å². The minimum Gasteiger partial charge on any atom is -0.379 e. The molecule has 32 heavy (non-hydrogen) atoms. The Bertz CT molecular complexity index is 1190. The van der Waals surface area contributed by atoms with Crippen molar-refractivity contribution in [1.29, 1.82) is 0 Å². The van der Waals surface area contributed by atoms with Crippen molar-refractivity contribution in [2.24, 2.45) is 0 Å². The first-order chi connectivity index (χ1) is 15.7. The average molecular weight is 509 g/mol. The van der Waals surface area contributed by atoms with Gasteiger partial charge in [-0.3, -0.25) is 4.90 Å². The fourth-order valence-corrected chi connectivity index (χ4v) is 5.25. The number of morpholine rings is 1. The zero-order chi connectivity index (χ0) is 21.9. The molecule has 164 valence electrons. The molecule has 0 amide bonds. The number of aryl methyl sites for hydroxylation is 1. The van der Waals surface area contributed by atoms with Crippen molar-refractivity contribution in [3.8, 4) is 11.1 Å². The van der Waals surface area contributed by atoms with Crippen molar-refractivity contribution in [3.05, 3.63) is 75.8 Å². The molecule has 1 unspecified atom stereocenters. The van der Waals surface area contributed by atoms with Gasteiger partial charge in [-0.05, 0) is 30.2 Å². The molecule has 1 saturated heterocycles. The molecule has 7 heteroatoms. The molecule has 0 bridgehead atoms. The maximum Gasteiger partial charge on any atom is 0.139 e. The van der Waals surface area contributed by atoms with Crippen LogP contribution in [0.3, 0.4) is 0 Å². The predicted molar refractivity (Wildman–Crippen MR) is 135 cm³/mol. The first kappa shape index (κ1) is 21.5. The van der Waals surface area contributed by atoms with Gasteiger partial charge >= 0.3 is 0 Å².